The highest BCUT2D eigenvalue weighted by atomic mass is 15.1. The Balaban J connectivity index is 0.768. The van der Waals surface area contributed by atoms with Crippen molar-refractivity contribution in [3.05, 3.63) is 370 Å². The second-order valence-corrected chi connectivity index (χ2v) is 28.3. The highest BCUT2D eigenvalue weighted by Gasteiger charge is 2.29. The molecule has 0 fully saturated rings. The van der Waals surface area contributed by atoms with Crippen LogP contribution in [0.1, 0.15) is 0 Å². The minimum absolute atomic E-state index is 0.539. The number of para-hydroxylation sites is 10. The highest BCUT2D eigenvalue weighted by molar-refractivity contribution is 6.17. The van der Waals surface area contributed by atoms with Gasteiger partial charge in [-0.25, -0.2) is 15.0 Å². The molecule has 0 saturated heterocycles. The number of rotatable bonds is 10. The van der Waals surface area contributed by atoms with Crippen LogP contribution in [0.4, 0.5) is 0 Å². The molecule has 0 atom stereocenters. The van der Waals surface area contributed by atoms with E-state index in [-0.39, 0.29) is 0 Å². The first kappa shape index (κ1) is 59.8. The van der Waals surface area contributed by atoms with Crippen molar-refractivity contribution >= 4 is 131 Å². The number of benzene rings is 16. The molecule has 502 valence electrons. The van der Waals surface area contributed by atoms with Crippen molar-refractivity contribution in [3.63, 3.8) is 0 Å². The van der Waals surface area contributed by atoms with Gasteiger partial charge in [0, 0.05) is 98.4 Å². The Hall–Kier alpha value is -14.7. The summed E-state index contributed by atoms with van der Waals surface area (Å²) >= 11 is 0. The zero-order chi connectivity index (χ0) is 70.7. The van der Waals surface area contributed by atoms with Crippen LogP contribution in [0.15, 0.2) is 370 Å². The fourth-order valence-electron chi connectivity index (χ4n) is 17.8. The van der Waals surface area contributed by atoms with Gasteiger partial charge < -0.3 is 27.4 Å². The van der Waals surface area contributed by atoms with Crippen molar-refractivity contribution in [1.82, 2.24) is 42.4 Å². The summed E-state index contributed by atoms with van der Waals surface area (Å²) < 4.78 is 14.7. The lowest BCUT2D eigenvalue weighted by molar-refractivity contribution is 1.04. The number of hydrogen-bond donors (Lipinski definition) is 0. The molecule has 0 N–H and O–H groups in total. The Bertz CT molecular complexity index is 7390. The molecule has 23 rings (SSSR count). The molecule has 23 aromatic rings. The maximum atomic E-state index is 5.70. The summed E-state index contributed by atoms with van der Waals surface area (Å²) in [6.07, 6.45) is 0. The van der Waals surface area contributed by atoms with Gasteiger partial charge in [0.25, 0.3) is 0 Å². The summed E-state index contributed by atoms with van der Waals surface area (Å²) in [5, 5.41) is 14.1. The SMILES string of the molecule is c1ccc(-c2nc(-c3cccc(-n4c5ccccc5c5ccccc54)c3)nc(-c3cc(-n4c5ccccc5c5ccccc54)c(-n4c5ccccc5c5cc(-c6ccc7c(c6)c6ccccc6n7-c6ccc7c(c6)c6ccccc6n7-c6ccccc6)ccc54)c(-n4c5ccccc5c5ccccc54)c3)n2)cc1. The van der Waals surface area contributed by atoms with E-state index in [9.17, 15) is 0 Å². The maximum Gasteiger partial charge on any atom is 0.164 e. The van der Waals surface area contributed by atoms with E-state index in [4.69, 9.17) is 15.0 Å². The Morgan fingerprint density at radius 1 is 0.148 bits per heavy atom. The second-order valence-electron chi connectivity index (χ2n) is 28.3. The maximum absolute atomic E-state index is 5.70. The monoisotopic (exact) mass is 1380 g/mol. The quantitative estimate of drug-likeness (QED) is 0.137. The first-order valence-corrected chi connectivity index (χ1v) is 36.8. The van der Waals surface area contributed by atoms with Gasteiger partial charge in [-0.05, 0) is 145 Å². The largest absolute Gasteiger partial charge is 0.309 e. The molecule has 9 nitrogen and oxygen atoms in total. The van der Waals surface area contributed by atoms with Gasteiger partial charge in [-0.2, -0.15) is 0 Å². The molecule has 0 radical (unpaired) electrons. The predicted molar refractivity (Wildman–Crippen MR) is 448 cm³/mol. The Kier molecular flexibility index (Phi) is 13.0. The third-order valence-corrected chi connectivity index (χ3v) is 22.4. The van der Waals surface area contributed by atoms with Crippen LogP contribution >= 0.6 is 0 Å². The van der Waals surface area contributed by atoms with Gasteiger partial charge in [-0.3, -0.25) is 0 Å². The van der Waals surface area contributed by atoms with Gasteiger partial charge >= 0.3 is 0 Å². The van der Waals surface area contributed by atoms with Crippen LogP contribution in [0.5, 0.6) is 0 Å². The predicted octanol–water partition coefficient (Wildman–Crippen LogP) is 25.1. The molecule has 0 bridgehead atoms. The summed E-state index contributed by atoms with van der Waals surface area (Å²) in [5.41, 5.74) is 24.4. The first-order valence-electron chi connectivity index (χ1n) is 36.8. The van der Waals surface area contributed by atoms with Crippen LogP contribution < -0.4 is 0 Å². The van der Waals surface area contributed by atoms with Crippen LogP contribution in [0, 0.1) is 0 Å². The first-order chi connectivity index (χ1) is 53.6. The van der Waals surface area contributed by atoms with Crippen molar-refractivity contribution in [3.8, 4) is 79.4 Å². The lowest BCUT2D eigenvalue weighted by atomic mass is 10.0. The Morgan fingerprint density at radius 2 is 0.426 bits per heavy atom. The molecule has 0 amide bonds. The van der Waals surface area contributed by atoms with Gasteiger partial charge in [-0.15, -0.1) is 0 Å². The number of aromatic nitrogens is 9. The highest BCUT2D eigenvalue weighted by Crippen LogP contribution is 2.47. The van der Waals surface area contributed by atoms with E-state index in [1.54, 1.807) is 0 Å². The number of nitrogens with zero attached hydrogens (tertiary/aromatic N) is 9. The van der Waals surface area contributed by atoms with Crippen molar-refractivity contribution < 1.29 is 0 Å². The van der Waals surface area contributed by atoms with E-state index in [2.05, 4.69) is 391 Å². The fourth-order valence-corrected chi connectivity index (χ4v) is 17.8. The van der Waals surface area contributed by atoms with Crippen LogP contribution in [0.25, 0.3) is 210 Å². The van der Waals surface area contributed by atoms with Crippen molar-refractivity contribution in [2.45, 2.75) is 0 Å². The van der Waals surface area contributed by atoms with Crippen LogP contribution in [0.3, 0.4) is 0 Å². The van der Waals surface area contributed by atoms with E-state index in [1.165, 1.54) is 43.4 Å². The van der Waals surface area contributed by atoms with Gasteiger partial charge in [0.15, 0.2) is 17.5 Å². The van der Waals surface area contributed by atoms with Crippen LogP contribution in [0.2, 0.25) is 0 Å². The molecule has 0 spiro atoms. The molecule has 0 saturated carbocycles. The van der Waals surface area contributed by atoms with Gasteiger partial charge in [0.1, 0.15) is 0 Å². The molecule has 7 aromatic heterocycles. The lowest BCUT2D eigenvalue weighted by Crippen LogP contribution is -2.10. The summed E-state index contributed by atoms with van der Waals surface area (Å²) in [4.78, 5) is 16.7. The number of fused-ring (bicyclic) bond motifs is 18. The van der Waals surface area contributed by atoms with Crippen molar-refractivity contribution in [2.24, 2.45) is 0 Å². The molecule has 0 aliphatic heterocycles. The van der Waals surface area contributed by atoms with Crippen LogP contribution in [-0.4, -0.2) is 42.4 Å². The summed E-state index contributed by atoms with van der Waals surface area (Å²) in [6, 6.07) is 135. The van der Waals surface area contributed by atoms with E-state index in [1.807, 2.05) is 6.07 Å². The van der Waals surface area contributed by atoms with Crippen LogP contribution in [-0.2, 0) is 0 Å². The summed E-state index contributed by atoms with van der Waals surface area (Å²) in [7, 11) is 0. The third kappa shape index (κ3) is 8.90. The van der Waals surface area contributed by atoms with Gasteiger partial charge in [0.05, 0.1) is 83.3 Å². The average Bonchev–Trinajstić information content (AvgIpc) is 1.53. The molecule has 7 heterocycles. The third-order valence-electron chi connectivity index (χ3n) is 22.4. The zero-order valence-corrected chi connectivity index (χ0v) is 58.2. The molecular formula is C99H61N9. The zero-order valence-electron chi connectivity index (χ0n) is 58.2. The van der Waals surface area contributed by atoms with Crippen molar-refractivity contribution in [2.75, 3.05) is 0 Å². The second kappa shape index (κ2) is 23.4. The Morgan fingerprint density at radius 3 is 0.852 bits per heavy atom. The summed E-state index contributed by atoms with van der Waals surface area (Å²) in [6.45, 7) is 0. The minimum Gasteiger partial charge on any atom is -0.309 e. The van der Waals surface area contributed by atoms with E-state index in [0.29, 0.717) is 17.5 Å². The van der Waals surface area contributed by atoms with Gasteiger partial charge in [0.2, 0.25) is 0 Å². The normalized spacial score (nSPS) is 12.1. The minimum atomic E-state index is 0.539. The Labute approximate surface area is 618 Å². The molecule has 9 heteroatoms. The van der Waals surface area contributed by atoms with E-state index >= 15 is 0 Å². The van der Waals surface area contributed by atoms with Gasteiger partial charge in [-0.1, -0.05) is 237 Å². The summed E-state index contributed by atoms with van der Waals surface area (Å²) in [5.74, 6) is 1.67. The molecule has 108 heavy (non-hydrogen) atoms. The standard InChI is InChI=1S/C99H61N9/c1-3-26-62(27-4-1)97-100-98(65-28-25-31-68(56-65)104-82-41-16-7-32-70(82)71-33-8-17-42-83(71)104)102-99(101-97)66-59-94(106-86-45-20-9-34-72(86)73-35-10-21-46-87(73)106)96(95(60-66)107-88-47-22-11-36-74(88)75-37-12-23-48-89(75)107)108-90-49-24-15-39-77(90)80-58-64(51-54-93(80)108)63-50-53-91-79(57-63)76-38-13-19-44-85(76)105(91)69-52-55-92-81(61-69)78-40-14-18-43-84(78)103(92)67-29-5-2-6-30-67/h1-61H. The molecular weight excluding hydrogens is 1320 g/mol. The lowest BCUT2D eigenvalue weighted by Gasteiger charge is -2.23. The fraction of sp³-hybridized carbons (Fsp3) is 0. The molecule has 16 aromatic carbocycles. The molecule has 0 unspecified atom stereocenters. The molecule has 0 aliphatic carbocycles. The van der Waals surface area contributed by atoms with Crippen molar-refractivity contribution in [1.29, 1.82) is 0 Å². The average molecular weight is 1380 g/mol. The molecule has 0 aliphatic rings. The van der Waals surface area contributed by atoms with E-state index < -0.39 is 0 Å². The number of hydrogen-bond acceptors (Lipinski definition) is 3. The van der Waals surface area contributed by atoms with E-state index in [0.717, 1.165) is 149 Å². The smallest absolute Gasteiger partial charge is 0.164 e. The topological polar surface area (TPSA) is 68.2 Å².